The SMILES string of the molecule is CC1CCN(C(=O)c2ccc(C#CCCO)cc2)CC1. The summed E-state index contributed by atoms with van der Waals surface area (Å²) in [5, 5.41) is 8.67. The lowest BCUT2D eigenvalue weighted by atomic mass is 9.98. The Bertz CT molecular complexity index is 502. The first kappa shape index (κ1) is 14.6. The molecule has 1 aromatic rings. The van der Waals surface area contributed by atoms with E-state index in [4.69, 9.17) is 5.11 Å². The Balaban J connectivity index is 1.99. The number of hydrogen-bond donors (Lipinski definition) is 1. The summed E-state index contributed by atoms with van der Waals surface area (Å²) in [5.74, 6) is 6.68. The normalized spacial score (nSPS) is 15.6. The summed E-state index contributed by atoms with van der Waals surface area (Å²) in [6.07, 6.45) is 2.67. The van der Waals surface area contributed by atoms with Gasteiger partial charge < -0.3 is 10.0 Å². The van der Waals surface area contributed by atoms with E-state index in [0.29, 0.717) is 6.42 Å². The monoisotopic (exact) mass is 271 g/mol. The number of carbonyl (C=O) groups excluding carboxylic acids is 1. The van der Waals surface area contributed by atoms with E-state index >= 15 is 0 Å². The molecule has 0 saturated carbocycles. The minimum atomic E-state index is 0.0803. The van der Waals surface area contributed by atoms with Crippen LogP contribution in [0.4, 0.5) is 0 Å². The zero-order valence-corrected chi connectivity index (χ0v) is 11.9. The van der Waals surface area contributed by atoms with Gasteiger partial charge in [-0.2, -0.15) is 0 Å². The quantitative estimate of drug-likeness (QED) is 0.838. The van der Waals surface area contributed by atoms with Crippen molar-refractivity contribution < 1.29 is 9.90 Å². The van der Waals surface area contributed by atoms with E-state index in [9.17, 15) is 4.79 Å². The third kappa shape index (κ3) is 3.85. The third-order valence-corrected chi connectivity index (χ3v) is 3.67. The van der Waals surface area contributed by atoms with Gasteiger partial charge in [0, 0.05) is 30.6 Å². The molecule has 1 aliphatic rings. The summed E-state index contributed by atoms with van der Waals surface area (Å²) in [6.45, 7) is 4.04. The number of carbonyl (C=O) groups is 1. The predicted octanol–water partition coefficient (Wildman–Crippen LogP) is 2.29. The molecular formula is C17H21NO2. The number of benzene rings is 1. The molecule has 106 valence electrons. The highest BCUT2D eigenvalue weighted by atomic mass is 16.2. The van der Waals surface area contributed by atoms with Gasteiger partial charge in [-0.1, -0.05) is 18.8 Å². The Hall–Kier alpha value is -1.79. The molecule has 1 amide bonds. The second-order valence-electron chi connectivity index (χ2n) is 5.33. The number of piperidine rings is 1. The minimum absolute atomic E-state index is 0.0803. The van der Waals surface area contributed by atoms with Crippen molar-refractivity contribution in [2.75, 3.05) is 19.7 Å². The predicted molar refractivity (Wildman–Crippen MR) is 79.3 cm³/mol. The molecule has 0 spiro atoms. The van der Waals surface area contributed by atoms with Crippen LogP contribution in [-0.2, 0) is 0 Å². The van der Waals surface area contributed by atoms with E-state index in [2.05, 4.69) is 18.8 Å². The van der Waals surface area contributed by atoms with Crippen molar-refractivity contribution in [1.29, 1.82) is 0 Å². The first-order chi connectivity index (χ1) is 9.70. The maximum absolute atomic E-state index is 12.3. The van der Waals surface area contributed by atoms with Crippen molar-refractivity contribution in [2.24, 2.45) is 5.92 Å². The van der Waals surface area contributed by atoms with Crippen LogP contribution in [-0.4, -0.2) is 35.6 Å². The number of aliphatic hydroxyl groups excluding tert-OH is 1. The van der Waals surface area contributed by atoms with E-state index in [1.807, 2.05) is 29.2 Å². The molecule has 0 unspecified atom stereocenters. The second kappa shape index (κ2) is 7.12. The molecular weight excluding hydrogens is 250 g/mol. The molecule has 1 saturated heterocycles. The molecule has 0 atom stereocenters. The molecule has 1 heterocycles. The lowest BCUT2D eigenvalue weighted by Crippen LogP contribution is -2.37. The molecule has 3 heteroatoms. The first-order valence-corrected chi connectivity index (χ1v) is 7.20. The molecule has 3 nitrogen and oxygen atoms in total. The third-order valence-electron chi connectivity index (χ3n) is 3.67. The average molecular weight is 271 g/mol. The molecule has 0 aliphatic carbocycles. The molecule has 1 aromatic carbocycles. The van der Waals surface area contributed by atoms with Crippen LogP contribution in [0.15, 0.2) is 24.3 Å². The molecule has 2 rings (SSSR count). The lowest BCUT2D eigenvalue weighted by molar-refractivity contribution is 0.0697. The Kier molecular flexibility index (Phi) is 5.20. The van der Waals surface area contributed by atoms with Gasteiger partial charge in [-0.3, -0.25) is 4.79 Å². The van der Waals surface area contributed by atoms with Gasteiger partial charge in [0.1, 0.15) is 0 Å². The highest BCUT2D eigenvalue weighted by molar-refractivity contribution is 5.94. The van der Waals surface area contributed by atoms with Crippen molar-refractivity contribution in [3.63, 3.8) is 0 Å². The van der Waals surface area contributed by atoms with Crippen molar-refractivity contribution in [2.45, 2.75) is 26.2 Å². The number of hydrogen-bond acceptors (Lipinski definition) is 2. The topological polar surface area (TPSA) is 40.5 Å². The van der Waals surface area contributed by atoms with Crippen molar-refractivity contribution >= 4 is 5.91 Å². The lowest BCUT2D eigenvalue weighted by Gasteiger charge is -2.30. The van der Waals surface area contributed by atoms with Crippen LogP contribution >= 0.6 is 0 Å². The molecule has 0 bridgehead atoms. The molecule has 1 fully saturated rings. The number of nitrogens with zero attached hydrogens (tertiary/aromatic N) is 1. The Labute approximate surface area is 120 Å². The van der Waals surface area contributed by atoms with Gasteiger partial charge >= 0.3 is 0 Å². The Morgan fingerprint density at radius 2 is 1.95 bits per heavy atom. The fourth-order valence-electron chi connectivity index (χ4n) is 2.31. The smallest absolute Gasteiger partial charge is 0.253 e. The highest BCUT2D eigenvalue weighted by Crippen LogP contribution is 2.18. The van der Waals surface area contributed by atoms with Gasteiger partial charge in [0.15, 0.2) is 0 Å². The maximum atomic E-state index is 12.3. The Morgan fingerprint density at radius 3 is 2.55 bits per heavy atom. The van der Waals surface area contributed by atoms with Crippen LogP contribution in [0.3, 0.4) is 0 Å². The molecule has 20 heavy (non-hydrogen) atoms. The van der Waals surface area contributed by atoms with Gasteiger partial charge in [0.25, 0.3) is 5.91 Å². The van der Waals surface area contributed by atoms with Crippen LogP contribution in [0.2, 0.25) is 0 Å². The van der Waals surface area contributed by atoms with Crippen molar-refractivity contribution in [3.05, 3.63) is 35.4 Å². The van der Waals surface area contributed by atoms with Crippen LogP contribution in [0.25, 0.3) is 0 Å². The van der Waals surface area contributed by atoms with Gasteiger partial charge in [0.05, 0.1) is 6.61 Å². The standard InChI is InChI=1S/C17H21NO2/c1-14-9-11-18(12-10-14)17(20)16-7-5-15(6-8-16)4-2-3-13-19/h5-8,14,19H,3,9-13H2,1H3. The first-order valence-electron chi connectivity index (χ1n) is 7.20. The fourth-order valence-corrected chi connectivity index (χ4v) is 2.31. The summed E-state index contributed by atoms with van der Waals surface area (Å²) in [5.41, 5.74) is 1.61. The summed E-state index contributed by atoms with van der Waals surface area (Å²) in [6, 6.07) is 7.40. The summed E-state index contributed by atoms with van der Waals surface area (Å²) in [7, 11) is 0. The number of rotatable bonds is 2. The molecule has 0 aromatic heterocycles. The van der Waals surface area contributed by atoms with Crippen molar-refractivity contribution in [1.82, 2.24) is 4.90 Å². The summed E-state index contributed by atoms with van der Waals surface area (Å²) < 4.78 is 0. The molecule has 1 N–H and O–H groups in total. The molecule has 0 radical (unpaired) electrons. The summed E-state index contributed by atoms with van der Waals surface area (Å²) >= 11 is 0. The van der Waals surface area contributed by atoms with Gasteiger partial charge in [-0.15, -0.1) is 0 Å². The largest absolute Gasteiger partial charge is 0.395 e. The van der Waals surface area contributed by atoms with Gasteiger partial charge in [-0.05, 0) is 43.0 Å². The number of likely N-dealkylation sites (tertiary alicyclic amines) is 1. The van der Waals surface area contributed by atoms with E-state index in [-0.39, 0.29) is 12.5 Å². The number of aliphatic hydroxyl groups is 1. The Morgan fingerprint density at radius 1 is 1.30 bits per heavy atom. The zero-order valence-electron chi connectivity index (χ0n) is 11.9. The zero-order chi connectivity index (χ0) is 14.4. The van der Waals surface area contributed by atoms with Crippen LogP contribution < -0.4 is 0 Å². The highest BCUT2D eigenvalue weighted by Gasteiger charge is 2.21. The van der Waals surface area contributed by atoms with E-state index in [1.54, 1.807) is 0 Å². The average Bonchev–Trinajstić information content (AvgIpc) is 2.48. The van der Waals surface area contributed by atoms with Crippen LogP contribution in [0.5, 0.6) is 0 Å². The van der Waals surface area contributed by atoms with E-state index in [1.165, 1.54) is 0 Å². The van der Waals surface area contributed by atoms with Crippen LogP contribution in [0, 0.1) is 17.8 Å². The minimum Gasteiger partial charge on any atom is -0.395 e. The number of amides is 1. The van der Waals surface area contributed by atoms with E-state index < -0.39 is 0 Å². The van der Waals surface area contributed by atoms with Crippen molar-refractivity contribution in [3.8, 4) is 11.8 Å². The maximum Gasteiger partial charge on any atom is 0.253 e. The fraction of sp³-hybridized carbons (Fsp3) is 0.471. The molecule has 1 aliphatic heterocycles. The van der Waals surface area contributed by atoms with Gasteiger partial charge in [0.2, 0.25) is 0 Å². The van der Waals surface area contributed by atoms with Gasteiger partial charge in [-0.25, -0.2) is 0 Å². The summed E-state index contributed by atoms with van der Waals surface area (Å²) in [4.78, 5) is 14.3. The van der Waals surface area contributed by atoms with E-state index in [0.717, 1.165) is 43.0 Å². The second-order valence-corrected chi connectivity index (χ2v) is 5.33. The van der Waals surface area contributed by atoms with Crippen LogP contribution in [0.1, 0.15) is 42.1 Å².